The highest BCUT2D eigenvalue weighted by molar-refractivity contribution is 5.46. The number of nitrogens with two attached hydrogens (primary N) is 1. The number of benzene rings is 1. The molecule has 1 aromatic heterocycles. The summed E-state index contributed by atoms with van der Waals surface area (Å²) in [5, 5.41) is 0. The first-order valence-electron chi connectivity index (χ1n) is 6.12. The Labute approximate surface area is 108 Å². The zero-order valence-corrected chi connectivity index (χ0v) is 10.8. The van der Waals surface area contributed by atoms with Crippen molar-refractivity contribution < 1.29 is 4.74 Å². The Morgan fingerprint density at radius 2 is 1.72 bits per heavy atom. The maximum absolute atomic E-state index is 5.80. The normalized spacial score (nSPS) is 10.3. The van der Waals surface area contributed by atoms with Crippen LogP contribution in [-0.2, 0) is 13.0 Å². The first-order valence-corrected chi connectivity index (χ1v) is 6.12. The standard InChI is InChI=1S/C15H18N2O/c1-3-12-5-7-13(8-6-12)10-18-14-9-4-11(2)17-15(14)16/h4-9H,3,10H2,1-2H3,(H2,16,17). The zero-order chi connectivity index (χ0) is 13.0. The number of hydrogen-bond acceptors (Lipinski definition) is 3. The van der Waals surface area contributed by atoms with E-state index in [9.17, 15) is 0 Å². The van der Waals surface area contributed by atoms with E-state index in [1.54, 1.807) is 0 Å². The van der Waals surface area contributed by atoms with Gasteiger partial charge in [-0.15, -0.1) is 0 Å². The van der Waals surface area contributed by atoms with Crippen molar-refractivity contribution in [3.63, 3.8) is 0 Å². The molecule has 3 nitrogen and oxygen atoms in total. The minimum absolute atomic E-state index is 0.445. The van der Waals surface area contributed by atoms with Gasteiger partial charge in [0.2, 0.25) is 0 Å². The van der Waals surface area contributed by atoms with Gasteiger partial charge < -0.3 is 10.5 Å². The average molecular weight is 242 g/mol. The van der Waals surface area contributed by atoms with Crippen molar-refractivity contribution >= 4 is 5.82 Å². The monoisotopic (exact) mass is 242 g/mol. The van der Waals surface area contributed by atoms with E-state index in [1.165, 1.54) is 5.56 Å². The number of aromatic nitrogens is 1. The number of nitrogen functional groups attached to an aromatic ring is 1. The number of nitrogens with zero attached hydrogens (tertiary/aromatic N) is 1. The number of aryl methyl sites for hydroxylation is 2. The minimum atomic E-state index is 0.445. The lowest BCUT2D eigenvalue weighted by molar-refractivity contribution is 0.307. The molecule has 2 N–H and O–H groups in total. The third-order valence-corrected chi connectivity index (χ3v) is 2.85. The lowest BCUT2D eigenvalue weighted by Crippen LogP contribution is -2.01. The second kappa shape index (κ2) is 5.54. The van der Waals surface area contributed by atoms with Crippen molar-refractivity contribution in [2.24, 2.45) is 0 Å². The second-order valence-electron chi connectivity index (χ2n) is 4.29. The van der Waals surface area contributed by atoms with Gasteiger partial charge in [-0.05, 0) is 36.6 Å². The lowest BCUT2D eigenvalue weighted by atomic mass is 10.1. The summed E-state index contributed by atoms with van der Waals surface area (Å²) < 4.78 is 5.66. The molecule has 0 atom stereocenters. The van der Waals surface area contributed by atoms with E-state index in [0.717, 1.165) is 17.7 Å². The van der Waals surface area contributed by atoms with Crippen LogP contribution in [0.2, 0.25) is 0 Å². The molecule has 0 fully saturated rings. The van der Waals surface area contributed by atoms with Gasteiger partial charge in [0.25, 0.3) is 0 Å². The molecule has 18 heavy (non-hydrogen) atoms. The molecule has 0 amide bonds. The van der Waals surface area contributed by atoms with Gasteiger partial charge in [0.05, 0.1) is 0 Å². The molecule has 2 rings (SSSR count). The van der Waals surface area contributed by atoms with Gasteiger partial charge in [-0.3, -0.25) is 0 Å². The zero-order valence-electron chi connectivity index (χ0n) is 10.8. The lowest BCUT2D eigenvalue weighted by Gasteiger charge is -2.09. The van der Waals surface area contributed by atoms with E-state index in [2.05, 4.69) is 36.2 Å². The molecule has 0 radical (unpaired) electrons. The van der Waals surface area contributed by atoms with Crippen LogP contribution < -0.4 is 10.5 Å². The fourth-order valence-electron chi connectivity index (χ4n) is 1.72. The Bertz CT molecular complexity index is 521. The maximum Gasteiger partial charge on any atom is 0.166 e. The SMILES string of the molecule is CCc1ccc(COc2ccc(C)nc2N)cc1. The van der Waals surface area contributed by atoms with E-state index in [1.807, 2.05) is 19.1 Å². The van der Waals surface area contributed by atoms with Gasteiger partial charge in [0.1, 0.15) is 6.61 Å². The topological polar surface area (TPSA) is 48.1 Å². The maximum atomic E-state index is 5.80. The highest BCUT2D eigenvalue weighted by Crippen LogP contribution is 2.20. The fraction of sp³-hybridized carbons (Fsp3) is 0.267. The number of anilines is 1. The van der Waals surface area contributed by atoms with Gasteiger partial charge in [-0.2, -0.15) is 0 Å². The van der Waals surface area contributed by atoms with Gasteiger partial charge >= 0.3 is 0 Å². The van der Waals surface area contributed by atoms with Crippen molar-refractivity contribution in [3.05, 3.63) is 53.2 Å². The number of hydrogen-bond donors (Lipinski definition) is 1. The molecular formula is C15H18N2O. The predicted octanol–water partition coefficient (Wildman–Crippen LogP) is 3.11. The highest BCUT2D eigenvalue weighted by Gasteiger charge is 2.02. The molecule has 0 saturated carbocycles. The predicted molar refractivity (Wildman–Crippen MR) is 73.5 cm³/mol. The van der Waals surface area contributed by atoms with Crippen LogP contribution in [-0.4, -0.2) is 4.98 Å². The molecule has 94 valence electrons. The Hall–Kier alpha value is -2.03. The van der Waals surface area contributed by atoms with Crippen molar-refractivity contribution in [2.45, 2.75) is 26.9 Å². The summed E-state index contributed by atoms with van der Waals surface area (Å²) in [5.41, 5.74) is 9.15. The van der Waals surface area contributed by atoms with E-state index >= 15 is 0 Å². The molecule has 2 aromatic rings. The van der Waals surface area contributed by atoms with E-state index in [4.69, 9.17) is 10.5 Å². The quantitative estimate of drug-likeness (QED) is 0.896. The van der Waals surface area contributed by atoms with Gasteiger partial charge in [0.15, 0.2) is 11.6 Å². The molecule has 0 aliphatic rings. The summed E-state index contributed by atoms with van der Waals surface area (Å²) in [6.45, 7) is 4.56. The van der Waals surface area contributed by atoms with Crippen LogP contribution in [0.3, 0.4) is 0 Å². The van der Waals surface area contributed by atoms with Gasteiger partial charge in [-0.1, -0.05) is 31.2 Å². The van der Waals surface area contributed by atoms with Crippen LogP contribution in [0.1, 0.15) is 23.7 Å². The number of pyridine rings is 1. The second-order valence-corrected chi connectivity index (χ2v) is 4.29. The van der Waals surface area contributed by atoms with Crippen LogP contribution in [0, 0.1) is 6.92 Å². The van der Waals surface area contributed by atoms with Crippen molar-refractivity contribution in [1.29, 1.82) is 0 Å². The molecule has 0 spiro atoms. The number of rotatable bonds is 4. The third-order valence-electron chi connectivity index (χ3n) is 2.85. The summed E-state index contributed by atoms with van der Waals surface area (Å²) in [6.07, 6.45) is 1.05. The molecule has 1 heterocycles. The smallest absolute Gasteiger partial charge is 0.166 e. The van der Waals surface area contributed by atoms with Crippen LogP contribution >= 0.6 is 0 Å². The molecule has 0 saturated heterocycles. The van der Waals surface area contributed by atoms with Crippen molar-refractivity contribution in [3.8, 4) is 5.75 Å². The van der Waals surface area contributed by atoms with E-state index in [0.29, 0.717) is 18.2 Å². The van der Waals surface area contributed by atoms with E-state index in [-0.39, 0.29) is 0 Å². The fourth-order valence-corrected chi connectivity index (χ4v) is 1.72. The molecule has 1 aromatic carbocycles. The summed E-state index contributed by atoms with van der Waals surface area (Å²) in [6, 6.07) is 12.2. The third kappa shape index (κ3) is 3.00. The van der Waals surface area contributed by atoms with Gasteiger partial charge in [-0.25, -0.2) is 4.98 Å². The first-order chi connectivity index (χ1) is 8.69. The molecule has 0 aliphatic carbocycles. The number of ether oxygens (including phenoxy) is 1. The van der Waals surface area contributed by atoms with Crippen molar-refractivity contribution in [2.75, 3.05) is 5.73 Å². The molecular weight excluding hydrogens is 224 g/mol. The Kier molecular flexibility index (Phi) is 3.82. The van der Waals surface area contributed by atoms with Crippen LogP contribution in [0.15, 0.2) is 36.4 Å². The van der Waals surface area contributed by atoms with Gasteiger partial charge in [0, 0.05) is 5.69 Å². The van der Waals surface area contributed by atoms with Crippen molar-refractivity contribution in [1.82, 2.24) is 4.98 Å². The summed E-state index contributed by atoms with van der Waals surface area (Å²) >= 11 is 0. The Morgan fingerprint density at radius 3 is 2.33 bits per heavy atom. The highest BCUT2D eigenvalue weighted by atomic mass is 16.5. The molecule has 0 bridgehead atoms. The summed E-state index contributed by atoms with van der Waals surface area (Å²) in [5.74, 6) is 1.08. The summed E-state index contributed by atoms with van der Waals surface area (Å²) in [7, 11) is 0. The minimum Gasteiger partial charge on any atom is -0.485 e. The molecule has 3 heteroatoms. The molecule has 0 unspecified atom stereocenters. The summed E-state index contributed by atoms with van der Waals surface area (Å²) in [4.78, 5) is 4.17. The first kappa shape index (κ1) is 12.4. The van der Waals surface area contributed by atoms with E-state index < -0.39 is 0 Å². The molecule has 0 aliphatic heterocycles. The average Bonchev–Trinajstić information content (AvgIpc) is 2.38. The van der Waals surface area contributed by atoms with Crippen LogP contribution in [0.4, 0.5) is 5.82 Å². The largest absolute Gasteiger partial charge is 0.485 e. The van der Waals surface area contributed by atoms with Crippen LogP contribution in [0.5, 0.6) is 5.75 Å². The Morgan fingerprint density at radius 1 is 1.06 bits per heavy atom. The Balaban J connectivity index is 2.02. The van der Waals surface area contributed by atoms with Crippen LogP contribution in [0.25, 0.3) is 0 Å².